The number of ether oxygens (including phenoxy) is 2. The lowest BCUT2D eigenvalue weighted by atomic mass is 10.2. The second kappa shape index (κ2) is 10.8. The van der Waals surface area contributed by atoms with Crippen LogP contribution in [0.5, 0.6) is 5.75 Å². The molecule has 0 bridgehead atoms. The quantitative estimate of drug-likeness (QED) is 0.592. The third kappa shape index (κ3) is 6.74. The largest absolute Gasteiger partial charge is 0.491 e. The Morgan fingerprint density at radius 1 is 0.964 bits per heavy atom. The molecule has 0 amide bonds. The Morgan fingerprint density at radius 3 is 2.32 bits per heavy atom. The number of nitrogens with zero attached hydrogens (tertiary/aromatic N) is 2. The minimum Gasteiger partial charge on any atom is -0.491 e. The van der Waals surface area contributed by atoms with E-state index in [1.165, 1.54) is 12.1 Å². The molecule has 1 heterocycles. The zero-order chi connectivity index (χ0) is 19.8. The van der Waals surface area contributed by atoms with Crippen molar-refractivity contribution in [3.05, 3.63) is 58.8 Å². The van der Waals surface area contributed by atoms with Crippen LogP contribution in [0.25, 0.3) is 0 Å². The van der Waals surface area contributed by atoms with Gasteiger partial charge in [0.05, 0.1) is 19.3 Å². The zero-order valence-electron chi connectivity index (χ0n) is 15.8. The Kier molecular flexibility index (Phi) is 8.09. The fraction of sp³-hybridized carbons (Fsp3) is 0.429. The molecule has 7 heteroatoms. The van der Waals surface area contributed by atoms with Gasteiger partial charge in [0.15, 0.2) is 0 Å². The summed E-state index contributed by atoms with van der Waals surface area (Å²) in [5.41, 5.74) is 1.04. The van der Waals surface area contributed by atoms with Gasteiger partial charge in [-0.25, -0.2) is 4.39 Å². The number of piperazine rings is 1. The van der Waals surface area contributed by atoms with Crippen LogP contribution < -0.4 is 9.64 Å². The number of hydrogen-bond donors (Lipinski definition) is 1. The first-order chi connectivity index (χ1) is 13.6. The predicted octanol–water partition coefficient (Wildman–Crippen LogP) is 3.17. The summed E-state index contributed by atoms with van der Waals surface area (Å²) in [6.45, 7) is 5.21. The molecule has 0 radical (unpaired) electrons. The van der Waals surface area contributed by atoms with Crippen molar-refractivity contribution in [1.82, 2.24) is 4.90 Å². The van der Waals surface area contributed by atoms with Gasteiger partial charge in [-0.3, -0.25) is 4.90 Å². The van der Waals surface area contributed by atoms with Gasteiger partial charge < -0.3 is 19.5 Å². The lowest BCUT2D eigenvalue weighted by Gasteiger charge is -2.36. The highest BCUT2D eigenvalue weighted by Crippen LogP contribution is 2.17. The average Bonchev–Trinajstić information content (AvgIpc) is 2.70. The van der Waals surface area contributed by atoms with Crippen LogP contribution in [0, 0.1) is 5.82 Å². The first kappa shape index (κ1) is 21.0. The standard InChI is InChI=1S/C21H26BrFN2O3/c22-17-1-7-21(8-2-17)28-14-13-27-16-20(26)15-24-9-11-25(12-10-24)19-5-3-18(23)4-6-19/h1-8,20,26H,9-16H2. The van der Waals surface area contributed by atoms with Gasteiger partial charge in [-0.1, -0.05) is 15.9 Å². The molecule has 1 N–H and O–H groups in total. The Balaban J connectivity index is 1.27. The maximum atomic E-state index is 13.0. The molecule has 152 valence electrons. The minimum absolute atomic E-state index is 0.215. The monoisotopic (exact) mass is 452 g/mol. The number of β-amino-alcohol motifs (C(OH)–C–C–N with tert-alkyl or cyclic N) is 1. The van der Waals surface area contributed by atoms with Crippen LogP contribution in [0.1, 0.15) is 0 Å². The van der Waals surface area contributed by atoms with E-state index in [4.69, 9.17) is 9.47 Å². The fourth-order valence-corrected chi connectivity index (χ4v) is 3.42. The van der Waals surface area contributed by atoms with Crippen molar-refractivity contribution in [2.24, 2.45) is 0 Å². The topological polar surface area (TPSA) is 45.2 Å². The molecule has 0 aliphatic carbocycles. The maximum Gasteiger partial charge on any atom is 0.123 e. The summed E-state index contributed by atoms with van der Waals surface area (Å²) >= 11 is 3.38. The minimum atomic E-state index is -0.523. The number of benzene rings is 2. The lowest BCUT2D eigenvalue weighted by molar-refractivity contribution is 0.00718. The first-order valence-corrected chi connectivity index (χ1v) is 10.3. The maximum absolute atomic E-state index is 13.0. The second-order valence-corrected chi connectivity index (χ2v) is 7.71. The molecule has 1 aliphatic rings. The van der Waals surface area contributed by atoms with E-state index in [0.717, 1.165) is 42.1 Å². The van der Waals surface area contributed by atoms with E-state index in [-0.39, 0.29) is 5.82 Å². The number of rotatable bonds is 9. The summed E-state index contributed by atoms with van der Waals surface area (Å²) in [5, 5.41) is 10.2. The second-order valence-electron chi connectivity index (χ2n) is 6.80. The van der Waals surface area contributed by atoms with Crippen molar-refractivity contribution in [1.29, 1.82) is 0 Å². The molecular formula is C21H26BrFN2O3. The number of halogens is 2. The van der Waals surface area contributed by atoms with E-state index < -0.39 is 6.10 Å². The molecule has 1 unspecified atom stereocenters. The summed E-state index contributed by atoms with van der Waals surface area (Å²) in [5.74, 6) is 0.583. The summed E-state index contributed by atoms with van der Waals surface area (Å²) in [6.07, 6.45) is -0.523. The third-order valence-corrected chi connectivity index (χ3v) is 5.18. The molecule has 1 atom stereocenters. The predicted molar refractivity (Wildman–Crippen MR) is 112 cm³/mol. The molecule has 5 nitrogen and oxygen atoms in total. The van der Waals surface area contributed by atoms with E-state index in [9.17, 15) is 9.50 Å². The van der Waals surface area contributed by atoms with Crippen molar-refractivity contribution >= 4 is 21.6 Å². The highest BCUT2D eigenvalue weighted by molar-refractivity contribution is 9.10. The third-order valence-electron chi connectivity index (χ3n) is 4.65. The normalized spacial score (nSPS) is 16.2. The van der Waals surface area contributed by atoms with Gasteiger partial charge in [-0.15, -0.1) is 0 Å². The molecule has 1 aliphatic heterocycles. The number of hydrogen-bond acceptors (Lipinski definition) is 5. The van der Waals surface area contributed by atoms with Gasteiger partial charge in [0.1, 0.15) is 18.2 Å². The number of aliphatic hydroxyl groups excluding tert-OH is 1. The highest BCUT2D eigenvalue weighted by atomic mass is 79.9. The molecule has 0 saturated carbocycles. The summed E-state index contributed by atoms with van der Waals surface area (Å²) < 4.78 is 25.2. The van der Waals surface area contributed by atoms with E-state index >= 15 is 0 Å². The number of anilines is 1. The Labute approximate surface area is 173 Å². The lowest BCUT2D eigenvalue weighted by Crippen LogP contribution is -2.49. The van der Waals surface area contributed by atoms with Crippen LogP contribution in [0.3, 0.4) is 0 Å². The van der Waals surface area contributed by atoms with Crippen molar-refractivity contribution in [2.75, 3.05) is 57.4 Å². The first-order valence-electron chi connectivity index (χ1n) is 9.47. The Morgan fingerprint density at radius 2 is 1.64 bits per heavy atom. The van der Waals surface area contributed by atoms with Crippen LogP contribution in [0.2, 0.25) is 0 Å². The summed E-state index contributed by atoms with van der Waals surface area (Å²) in [7, 11) is 0. The van der Waals surface area contributed by atoms with Gasteiger partial charge in [-0.05, 0) is 48.5 Å². The SMILES string of the molecule is OC(COCCOc1ccc(Br)cc1)CN1CCN(c2ccc(F)cc2)CC1. The molecule has 2 aromatic carbocycles. The summed E-state index contributed by atoms with van der Waals surface area (Å²) in [6, 6.07) is 14.2. The van der Waals surface area contributed by atoms with Crippen molar-refractivity contribution < 1.29 is 19.0 Å². The Bertz CT molecular complexity index is 707. The van der Waals surface area contributed by atoms with E-state index in [2.05, 4.69) is 25.7 Å². The molecule has 2 aromatic rings. The van der Waals surface area contributed by atoms with Crippen LogP contribution >= 0.6 is 15.9 Å². The van der Waals surface area contributed by atoms with Crippen LogP contribution in [0.15, 0.2) is 53.0 Å². The average molecular weight is 453 g/mol. The van der Waals surface area contributed by atoms with Crippen LogP contribution in [-0.2, 0) is 4.74 Å². The fourth-order valence-electron chi connectivity index (χ4n) is 3.16. The molecule has 3 rings (SSSR count). The molecule has 1 fully saturated rings. The van der Waals surface area contributed by atoms with Gasteiger partial charge in [-0.2, -0.15) is 0 Å². The van der Waals surface area contributed by atoms with Crippen molar-refractivity contribution in [3.8, 4) is 5.75 Å². The molecular weight excluding hydrogens is 427 g/mol. The zero-order valence-corrected chi connectivity index (χ0v) is 17.4. The van der Waals surface area contributed by atoms with Crippen LogP contribution in [-0.4, -0.2) is 68.7 Å². The highest BCUT2D eigenvalue weighted by Gasteiger charge is 2.19. The number of aliphatic hydroxyl groups is 1. The summed E-state index contributed by atoms with van der Waals surface area (Å²) in [4.78, 5) is 4.46. The van der Waals surface area contributed by atoms with Crippen molar-refractivity contribution in [3.63, 3.8) is 0 Å². The molecule has 0 spiro atoms. The molecule has 0 aromatic heterocycles. The van der Waals surface area contributed by atoms with Gasteiger partial charge in [0.2, 0.25) is 0 Å². The molecule has 1 saturated heterocycles. The van der Waals surface area contributed by atoms with Gasteiger partial charge >= 0.3 is 0 Å². The van der Waals surface area contributed by atoms with E-state index in [0.29, 0.717) is 26.4 Å². The van der Waals surface area contributed by atoms with E-state index in [1.54, 1.807) is 0 Å². The van der Waals surface area contributed by atoms with Crippen molar-refractivity contribution in [2.45, 2.75) is 6.10 Å². The smallest absolute Gasteiger partial charge is 0.123 e. The van der Waals surface area contributed by atoms with E-state index in [1.807, 2.05) is 36.4 Å². The Hall–Kier alpha value is -1.67. The van der Waals surface area contributed by atoms with Gasteiger partial charge in [0.25, 0.3) is 0 Å². The van der Waals surface area contributed by atoms with Gasteiger partial charge in [0, 0.05) is 42.9 Å². The molecule has 28 heavy (non-hydrogen) atoms. The van der Waals surface area contributed by atoms with Crippen LogP contribution in [0.4, 0.5) is 10.1 Å².